The average Bonchev–Trinajstić information content (AvgIpc) is 2.78. The van der Waals surface area contributed by atoms with Crippen LogP contribution < -0.4 is 5.73 Å². The van der Waals surface area contributed by atoms with Crippen LogP contribution in [0.4, 0.5) is 0 Å². The Morgan fingerprint density at radius 2 is 2.26 bits per heavy atom. The van der Waals surface area contributed by atoms with Gasteiger partial charge in [0, 0.05) is 34.9 Å². The van der Waals surface area contributed by atoms with Crippen molar-refractivity contribution < 1.29 is 4.79 Å². The fourth-order valence-corrected chi connectivity index (χ4v) is 3.48. The zero-order chi connectivity index (χ0) is 13.8. The smallest absolute Gasteiger partial charge is 0.232 e. The van der Waals surface area contributed by atoms with Gasteiger partial charge in [-0.25, -0.2) is 0 Å². The molecule has 3 nitrogen and oxygen atoms in total. The first-order chi connectivity index (χ1) is 9.06. The van der Waals surface area contributed by atoms with Crippen LogP contribution in [0.1, 0.15) is 12.0 Å². The lowest BCUT2D eigenvalue weighted by Crippen LogP contribution is -2.33. The number of hydrogen-bond donors (Lipinski definition) is 1. The Balaban J connectivity index is 1.78. The summed E-state index contributed by atoms with van der Waals surface area (Å²) in [6, 6.07) is 5.57. The number of nitrogens with two attached hydrogens (primary N) is 1. The Labute approximate surface area is 127 Å². The summed E-state index contributed by atoms with van der Waals surface area (Å²) in [6.07, 6.45) is 0.902. The highest BCUT2D eigenvalue weighted by Crippen LogP contribution is 2.25. The summed E-state index contributed by atoms with van der Waals surface area (Å²) in [7, 11) is 0. The number of rotatable bonds is 4. The predicted molar refractivity (Wildman–Crippen MR) is 81.8 cm³/mol. The van der Waals surface area contributed by atoms with Crippen molar-refractivity contribution in [2.24, 2.45) is 5.73 Å². The van der Waals surface area contributed by atoms with Crippen molar-refractivity contribution in [3.63, 3.8) is 0 Å². The summed E-state index contributed by atoms with van der Waals surface area (Å²) < 4.78 is 0. The fourth-order valence-electron chi connectivity index (χ4n) is 1.99. The number of halogens is 2. The monoisotopic (exact) mass is 318 g/mol. The molecule has 0 radical (unpaired) electrons. The Kier molecular flexibility index (Phi) is 5.39. The summed E-state index contributed by atoms with van der Waals surface area (Å²) in [6.45, 7) is 1.46. The number of amides is 1. The van der Waals surface area contributed by atoms with Crippen LogP contribution in [0.5, 0.6) is 0 Å². The van der Waals surface area contributed by atoms with E-state index in [1.54, 1.807) is 17.8 Å². The van der Waals surface area contributed by atoms with Gasteiger partial charge in [0.1, 0.15) is 0 Å². The Bertz CT molecular complexity index is 470. The third-order valence-electron chi connectivity index (χ3n) is 3.08. The molecule has 0 saturated carbocycles. The zero-order valence-electron chi connectivity index (χ0n) is 10.4. The predicted octanol–water partition coefficient (Wildman–Crippen LogP) is 2.79. The van der Waals surface area contributed by atoms with Gasteiger partial charge in [-0.2, -0.15) is 0 Å². The molecule has 1 aromatic rings. The molecule has 0 unspecified atom stereocenters. The van der Waals surface area contributed by atoms with Gasteiger partial charge in [-0.05, 0) is 24.1 Å². The van der Waals surface area contributed by atoms with Crippen LogP contribution in [0, 0.1) is 0 Å². The highest BCUT2D eigenvalue weighted by atomic mass is 35.5. The van der Waals surface area contributed by atoms with Crippen molar-refractivity contribution in [1.29, 1.82) is 0 Å². The van der Waals surface area contributed by atoms with E-state index < -0.39 is 0 Å². The van der Waals surface area contributed by atoms with Crippen LogP contribution in [0.15, 0.2) is 18.2 Å². The van der Waals surface area contributed by atoms with E-state index >= 15 is 0 Å². The maximum atomic E-state index is 11.9. The van der Waals surface area contributed by atoms with Gasteiger partial charge in [0.05, 0.1) is 5.75 Å². The Hall–Kier alpha value is -0.420. The molecule has 1 fully saturated rings. The lowest BCUT2D eigenvalue weighted by molar-refractivity contribution is -0.127. The first-order valence-electron chi connectivity index (χ1n) is 6.11. The number of nitrogens with zero attached hydrogens (tertiary/aromatic N) is 1. The SMILES string of the molecule is N[C@@H]1CCN(C(=O)CSCc2ccc(Cl)cc2Cl)C1. The fraction of sp³-hybridized carbons (Fsp3) is 0.462. The van der Waals surface area contributed by atoms with Gasteiger partial charge in [-0.1, -0.05) is 29.3 Å². The van der Waals surface area contributed by atoms with Crippen molar-refractivity contribution in [1.82, 2.24) is 4.90 Å². The molecule has 0 spiro atoms. The minimum absolute atomic E-state index is 0.139. The molecule has 19 heavy (non-hydrogen) atoms. The highest BCUT2D eigenvalue weighted by Gasteiger charge is 2.23. The molecule has 0 aromatic heterocycles. The summed E-state index contributed by atoms with van der Waals surface area (Å²) in [4.78, 5) is 13.8. The van der Waals surface area contributed by atoms with Crippen molar-refractivity contribution in [3.8, 4) is 0 Å². The van der Waals surface area contributed by atoms with Crippen LogP contribution in [0.2, 0.25) is 10.0 Å². The lowest BCUT2D eigenvalue weighted by atomic mass is 10.2. The van der Waals surface area contributed by atoms with Crippen LogP contribution >= 0.6 is 35.0 Å². The first kappa shape index (κ1) is 15.0. The molecule has 2 rings (SSSR count). The number of carbonyl (C=O) groups is 1. The summed E-state index contributed by atoms with van der Waals surface area (Å²) in [5, 5.41) is 1.27. The molecule has 1 aliphatic rings. The maximum absolute atomic E-state index is 11.9. The quantitative estimate of drug-likeness (QED) is 0.928. The molecule has 1 atom stereocenters. The summed E-state index contributed by atoms with van der Waals surface area (Å²) >= 11 is 13.5. The number of hydrogen-bond acceptors (Lipinski definition) is 3. The maximum Gasteiger partial charge on any atom is 0.232 e. The summed E-state index contributed by atoms with van der Waals surface area (Å²) in [5.74, 6) is 1.33. The standard InChI is InChI=1S/C13H16Cl2N2OS/c14-10-2-1-9(12(15)5-10)7-19-8-13(18)17-4-3-11(16)6-17/h1-2,5,11H,3-4,6-8,16H2/t11-/m1/s1. The second-order valence-electron chi connectivity index (χ2n) is 4.62. The van der Waals surface area contributed by atoms with Crippen LogP contribution in [-0.4, -0.2) is 35.7 Å². The van der Waals surface area contributed by atoms with E-state index in [0.29, 0.717) is 28.1 Å². The molecule has 1 aliphatic heterocycles. The van der Waals surface area contributed by atoms with Gasteiger partial charge in [-0.3, -0.25) is 4.79 Å². The lowest BCUT2D eigenvalue weighted by Gasteiger charge is -2.15. The van der Waals surface area contributed by atoms with E-state index in [4.69, 9.17) is 28.9 Å². The van der Waals surface area contributed by atoms with Gasteiger partial charge in [0.15, 0.2) is 0 Å². The molecule has 1 amide bonds. The normalized spacial score (nSPS) is 18.9. The Morgan fingerprint density at radius 3 is 2.89 bits per heavy atom. The minimum atomic E-state index is 0.139. The van der Waals surface area contributed by atoms with E-state index in [1.165, 1.54) is 0 Å². The molecule has 1 aromatic carbocycles. The van der Waals surface area contributed by atoms with E-state index in [0.717, 1.165) is 18.5 Å². The molecule has 6 heteroatoms. The van der Waals surface area contributed by atoms with Crippen LogP contribution in [0.25, 0.3) is 0 Å². The molecular weight excluding hydrogens is 303 g/mol. The molecule has 104 valence electrons. The van der Waals surface area contributed by atoms with Gasteiger partial charge in [0.25, 0.3) is 0 Å². The average molecular weight is 319 g/mol. The second-order valence-corrected chi connectivity index (χ2v) is 6.45. The molecule has 1 heterocycles. The number of benzene rings is 1. The van der Waals surface area contributed by atoms with Crippen molar-refractivity contribution in [2.45, 2.75) is 18.2 Å². The number of likely N-dealkylation sites (tertiary alicyclic amines) is 1. The van der Waals surface area contributed by atoms with Crippen LogP contribution in [0.3, 0.4) is 0 Å². The van der Waals surface area contributed by atoms with Gasteiger partial charge in [-0.15, -0.1) is 11.8 Å². The third kappa shape index (κ3) is 4.28. The minimum Gasteiger partial charge on any atom is -0.340 e. The molecular formula is C13H16Cl2N2OS. The first-order valence-corrected chi connectivity index (χ1v) is 8.02. The van der Waals surface area contributed by atoms with Crippen molar-refractivity contribution in [3.05, 3.63) is 33.8 Å². The van der Waals surface area contributed by atoms with Gasteiger partial charge >= 0.3 is 0 Å². The molecule has 0 bridgehead atoms. The second kappa shape index (κ2) is 6.84. The molecule has 1 saturated heterocycles. The third-order valence-corrected chi connectivity index (χ3v) is 4.63. The molecule has 0 aliphatic carbocycles. The number of carbonyl (C=O) groups excluding carboxylic acids is 1. The van der Waals surface area contributed by atoms with E-state index in [2.05, 4.69) is 0 Å². The Morgan fingerprint density at radius 1 is 1.47 bits per heavy atom. The van der Waals surface area contributed by atoms with E-state index in [9.17, 15) is 4.79 Å². The largest absolute Gasteiger partial charge is 0.340 e. The van der Waals surface area contributed by atoms with E-state index in [-0.39, 0.29) is 11.9 Å². The van der Waals surface area contributed by atoms with Gasteiger partial charge < -0.3 is 10.6 Å². The van der Waals surface area contributed by atoms with Crippen molar-refractivity contribution in [2.75, 3.05) is 18.8 Å². The topological polar surface area (TPSA) is 46.3 Å². The number of thioether (sulfide) groups is 1. The molecule has 2 N–H and O–H groups in total. The van der Waals surface area contributed by atoms with Gasteiger partial charge in [0.2, 0.25) is 5.91 Å². The van der Waals surface area contributed by atoms with Crippen LogP contribution in [-0.2, 0) is 10.5 Å². The highest BCUT2D eigenvalue weighted by molar-refractivity contribution is 7.99. The van der Waals surface area contributed by atoms with E-state index in [1.807, 2.05) is 17.0 Å². The van der Waals surface area contributed by atoms with Crippen molar-refractivity contribution >= 4 is 40.9 Å². The zero-order valence-corrected chi connectivity index (χ0v) is 12.8. The summed E-state index contributed by atoms with van der Waals surface area (Å²) in [5.41, 5.74) is 6.79.